The van der Waals surface area contributed by atoms with Crippen LogP contribution in [0, 0.1) is 0 Å². The summed E-state index contributed by atoms with van der Waals surface area (Å²) in [5, 5.41) is 0. The fourth-order valence-corrected chi connectivity index (χ4v) is 23.3. The first-order chi connectivity index (χ1) is 4.18. The first-order valence-electron chi connectivity index (χ1n) is 3.15. The van der Waals surface area contributed by atoms with Gasteiger partial charge in [-0.15, -0.1) is 0 Å². The zero-order chi connectivity index (χ0) is 6.85. The zero-order valence-electron chi connectivity index (χ0n) is 5.96. The Bertz CT molecular complexity index is 69.3. The molecular formula is C6H12Se3. The second kappa shape index (κ2) is 3.81. The van der Waals surface area contributed by atoms with Gasteiger partial charge in [0.05, 0.1) is 0 Å². The Morgan fingerprint density at radius 3 is 1.11 bits per heavy atom. The van der Waals surface area contributed by atoms with Crippen molar-refractivity contribution in [3.8, 4) is 0 Å². The average molecular weight is 321 g/mol. The van der Waals surface area contributed by atoms with Gasteiger partial charge in [0.2, 0.25) is 0 Å². The molecule has 0 bridgehead atoms. The van der Waals surface area contributed by atoms with Crippen LogP contribution in [0.5, 0.6) is 0 Å². The van der Waals surface area contributed by atoms with E-state index in [1.165, 1.54) is 0 Å². The van der Waals surface area contributed by atoms with Crippen LogP contribution in [0.15, 0.2) is 0 Å². The fourth-order valence-electron chi connectivity index (χ4n) is 0.906. The van der Waals surface area contributed by atoms with Crippen LogP contribution in [0.3, 0.4) is 0 Å². The predicted molar refractivity (Wildman–Crippen MR) is 45.5 cm³/mol. The molecule has 1 fully saturated rings. The summed E-state index contributed by atoms with van der Waals surface area (Å²) >= 11 is 3.02. The molecular weight excluding hydrogens is 309 g/mol. The maximum atomic E-state index is 2.45. The van der Waals surface area contributed by atoms with Crippen LogP contribution in [-0.4, -0.2) is 44.9 Å². The molecule has 1 aliphatic rings. The van der Waals surface area contributed by atoms with Crippen molar-refractivity contribution < 1.29 is 0 Å². The van der Waals surface area contributed by atoms with Crippen LogP contribution in [-0.2, 0) is 0 Å². The summed E-state index contributed by atoms with van der Waals surface area (Å²) in [5.74, 6) is 0. The van der Waals surface area contributed by atoms with Crippen molar-refractivity contribution in [1.29, 1.82) is 0 Å². The van der Waals surface area contributed by atoms with Crippen LogP contribution in [0.1, 0.15) is 20.8 Å². The van der Waals surface area contributed by atoms with Crippen LogP contribution in [0.4, 0.5) is 0 Å². The quantitative estimate of drug-likeness (QED) is 0.592. The van der Waals surface area contributed by atoms with E-state index in [2.05, 4.69) is 20.8 Å². The molecule has 0 aromatic rings. The van der Waals surface area contributed by atoms with Crippen LogP contribution in [0.2, 0.25) is 11.1 Å². The van der Waals surface area contributed by atoms with Crippen molar-refractivity contribution >= 4 is 44.9 Å². The van der Waals surface area contributed by atoms with Crippen molar-refractivity contribution in [3.63, 3.8) is 0 Å². The summed E-state index contributed by atoms with van der Waals surface area (Å²) in [6.07, 6.45) is 0. The standard InChI is InChI=1S/C6H12Se3/c1-4-7-5(2)9-6(3)8-4/h4-6H,1-3H3. The molecule has 0 N–H and O–H groups in total. The van der Waals surface area contributed by atoms with E-state index in [-0.39, 0.29) is 0 Å². The normalized spacial score (nSPS) is 45.0. The summed E-state index contributed by atoms with van der Waals surface area (Å²) in [5.41, 5.74) is 0. The molecule has 0 unspecified atom stereocenters. The van der Waals surface area contributed by atoms with E-state index in [0.717, 1.165) is 56.0 Å². The van der Waals surface area contributed by atoms with Gasteiger partial charge in [-0.3, -0.25) is 0 Å². The third-order valence-electron chi connectivity index (χ3n) is 1.15. The molecule has 9 heavy (non-hydrogen) atoms. The van der Waals surface area contributed by atoms with E-state index in [0.29, 0.717) is 0 Å². The molecule has 1 saturated heterocycles. The number of rotatable bonds is 0. The predicted octanol–water partition coefficient (Wildman–Crippen LogP) is 1.41. The molecule has 0 nitrogen and oxygen atoms in total. The van der Waals surface area contributed by atoms with Gasteiger partial charge in [0, 0.05) is 0 Å². The van der Waals surface area contributed by atoms with Crippen LogP contribution >= 0.6 is 0 Å². The number of hydrogen-bond acceptors (Lipinski definition) is 0. The first-order valence-corrected chi connectivity index (χ1v) is 9.08. The van der Waals surface area contributed by atoms with Gasteiger partial charge >= 0.3 is 76.8 Å². The molecule has 0 aliphatic carbocycles. The van der Waals surface area contributed by atoms with Gasteiger partial charge in [-0.1, -0.05) is 0 Å². The maximum absolute atomic E-state index is 2.45. The van der Waals surface area contributed by atoms with E-state index in [1.54, 1.807) is 0 Å². The van der Waals surface area contributed by atoms with Gasteiger partial charge in [-0.05, 0) is 0 Å². The van der Waals surface area contributed by atoms with Crippen LogP contribution < -0.4 is 0 Å². The Kier molecular flexibility index (Phi) is 3.66. The molecule has 0 aromatic heterocycles. The monoisotopic (exact) mass is 324 g/mol. The second-order valence-electron chi connectivity index (χ2n) is 2.11. The first kappa shape index (κ1) is 8.65. The van der Waals surface area contributed by atoms with E-state index in [1.807, 2.05) is 0 Å². The van der Waals surface area contributed by atoms with Crippen molar-refractivity contribution in [2.75, 3.05) is 0 Å². The average Bonchev–Trinajstić information content (AvgIpc) is 1.59. The van der Waals surface area contributed by atoms with E-state index < -0.39 is 0 Å². The van der Waals surface area contributed by atoms with Gasteiger partial charge in [0.25, 0.3) is 0 Å². The molecule has 0 radical (unpaired) electrons. The topological polar surface area (TPSA) is 0 Å². The molecule has 3 heteroatoms. The third-order valence-corrected chi connectivity index (χ3v) is 13.2. The van der Waals surface area contributed by atoms with Gasteiger partial charge in [0.15, 0.2) is 0 Å². The summed E-state index contributed by atoms with van der Waals surface area (Å²) in [6.45, 7) is 7.34. The van der Waals surface area contributed by atoms with E-state index in [9.17, 15) is 0 Å². The molecule has 0 atom stereocenters. The van der Waals surface area contributed by atoms with E-state index >= 15 is 0 Å². The summed E-state index contributed by atoms with van der Waals surface area (Å²) < 4.78 is 3.39. The van der Waals surface area contributed by atoms with E-state index in [4.69, 9.17) is 0 Å². The van der Waals surface area contributed by atoms with Gasteiger partial charge < -0.3 is 0 Å². The molecule has 1 aliphatic heterocycles. The van der Waals surface area contributed by atoms with Crippen molar-refractivity contribution in [1.82, 2.24) is 0 Å². The minimum atomic E-state index is 1.01. The molecule has 0 saturated carbocycles. The zero-order valence-corrected chi connectivity index (χ0v) is 11.1. The van der Waals surface area contributed by atoms with Gasteiger partial charge in [-0.25, -0.2) is 0 Å². The van der Waals surface area contributed by atoms with Crippen molar-refractivity contribution in [2.45, 2.75) is 31.9 Å². The molecule has 1 heterocycles. The SMILES string of the molecule is CC1[Se]C(C)[Se]C(C)[Se]1. The molecule has 0 amide bonds. The van der Waals surface area contributed by atoms with Crippen molar-refractivity contribution in [3.05, 3.63) is 0 Å². The second-order valence-corrected chi connectivity index (χ2v) is 17.3. The van der Waals surface area contributed by atoms with Gasteiger partial charge in [-0.2, -0.15) is 0 Å². The Morgan fingerprint density at radius 2 is 0.889 bits per heavy atom. The minimum absolute atomic E-state index is 1.01. The Labute approximate surface area is 76.4 Å². The Morgan fingerprint density at radius 1 is 0.667 bits per heavy atom. The molecule has 0 spiro atoms. The Hall–Kier alpha value is 1.56. The van der Waals surface area contributed by atoms with Crippen molar-refractivity contribution in [2.24, 2.45) is 0 Å². The van der Waals surface area contributed by atoms with Crippen LogP contribution in [0.25, 0.3) is 0 Å². The fraction of sp³-hybridized carbons (Fsp3) is 1.00. The summed E-state index contributed by atoms with van der Waals surface area (Å²) in [4.78, 5) is 0. The Balaban J connectivity index is 2.34. The molecule has 54 valence electrons. The summed E-state index contributed by atoms with van der Waals surface area (Å²) in [6, 6.07) is 0. The summed E-state index contributed by atoms with van der Waals surface area (Å²) in [7, 11) is 0. The van der Waals surface area contributed by atoms with Gasteiger partial charge in [0.1, 0.15) is 0 Å². The third kappa shape index (κ3) is 2.97. The molecule has 1 rings (SSSR count). The molecule has 0 aromatic carbocycles. The number of hydrogen-bond donors (Lipinski definition) is 0.